The lowest BCUT2D eigenvalue weighted by Gasteiger charge is -2.16. The molecule has 0 aliphatic carbocycles. The van der Waals surface area contributed by atoms with Gasteiger partial charge < -0.3 is 8.94 Å². The summed E-state index contributed by atoms with van der Waals surface area (Å²) in [6.45, 7) is 7.93. The Hall–Kier alpha value is -3.39. The molecule has 8 heteroatoms. The third kappa shape index (κ3) is 5.07. The Bertz CT molecular complexity index is 1370. The van der Waals surface area contributed by atoms with Crippen LogP contribution in [0, 0.1) is 19.8 Å². The number of nitrogens with zero attached hydrogens (tertiary/aromatic N) is 2. The van der Waals surface area contributed by atoms with Crippen molar-refractivity contribution in [2.24, 2.45) is 5.92 Å². The van der Waals surface area contributed by atoms with E-state index in [9.17, 15) is 8.42 Å². The molecule has 178 valence electrons. The number of oxazole rings is 1. The minimum atomic E-state index is -3.92. The van der Waals surface area contributed by atoms with Gasteiger partial charge in [0.15, 0.2) is 0 Å². The van der Waals surface area contributed by atoms with E-state index in [0.717, 1.165) is 36.0 Å². The Morgan fingerprint density at radius 3 is 2.53 bits per heavy atom. The van der Waals surface area contributed by atoms with Crippen LogP contribution in [-0.2, 0) is 16.4 Å². The first-order valence-electron chi connectivity index (χ1n) is 11.3. The van der Waals surface area contributed by atoms with E-state index in [2.05, 4.69) is 28.7 Å². The Balaban J connectivity index is 1.77. The Labute approximate surface area is 200 Å². The van der Waals surface area contributed by atoms with Gasteiger partial charge >= 0.3 is 0 Å². The minimum absolute atomic E-state index is 0.128. The van der Waals surface area contributed by atoms with Crippen molar-refractivity contribution >= 4 is 15.9 Å². The van der Waals surface area contributed by atoms with E-state index in [-0.39, 0.29) is 10.8 Å². The second-order valence-electron chi connectivity index (χ2n) is 8.82. The van der Waals surface area contributed by atoms with Gasteiger partial charge in [-0.05, 0) is 61.9 Å². The fourth-order valence-corrected chi connectivity index (χ4v) is 5.14. The summed E-state index contributed by atoms with van der Waals surface area (Å²) in [5.41, 5.74) is 4.70. The number of rotatable bonds is 9. The number of sulfonamides is 1. The average molecular weight is 480 g/mol. The average Bonchev–Trinajstić information content (AvgIpc) is 3.45. The van der Waals surface area contributed by atoms with Gasteiger partial charge in [0.25, 0.3) is 10.0 Å². The Kier molecular flexibility index (Phi) is 6.88. The molecule has 0 unspecified atom stereocenters. The number of benzene rings is 2. The number of anilines is 1. The first-order chi connectivity index (χ1) is 16.3. The maximum Gasteiger partial charge on any atom is 0.264 e. The largest absolute Gasteiger partial charge is 0.445 e. The number of aryl methyl sites for hydroxylation is 2. The van der Waals surface area contributed by atoms with Crippen molar-refractivity contribution in [3.05, 3.63) is 71.7 Å². The molecule has 0 fully saturated rings. The van der Waals surface area contributed by atoms with Gasteiger partial charge in [-0.2, -0.15) is 0 Å². The molecule has 0 spiro atoms. The van der Waals surface area contributed by atoms with Crippen molar-refractivity contribution < 1.29 is 17.4 Å². The first kappa shape index (κ1) is 23.8. The molecular weight excluding hydrogens is 450 g/mol. The quantitative estimate of drug-likeness (QED) is 0.298. The number of hydrogen-bond donors (Lipinski definition) is 1. The van der Waals surface area contributed by atoms with Crippen molar-refractivity contribution in [3.8, 4) is 22.6 Å². The third-order valence-electron chi connectivity index (χ3n) is 5.86. The van der Waals surface area contributed by atoms with Gasteiger partial charge in [0.1, 0.15) is 6.26 Å². The standard InChI is InChI=1S/C26H29N3O4S/c1-17(2)8-7-9-20-16-21(26-27-14-15-32-26)12-13-22(20)23-10-5-6-11-24(23)34(30,31)29-25-18(3)19(4)28-33-25/h5-6,10-17,29H,7-9H2,1-4H3. The summed E-state index contributed by atoms with van der Waals surface area (Å²) in [5.74, 6) is 1.25. The van der Waals surface area contributed by atoms with Gasteiger partial charge in [-0.3, -0.25) is 0 Å². The van der Waals surface area contributed by atoms with Crippen molar-refractivity contribution in [1.82, 2.24) is 10.1 Å². The van der Waals surface area contributed by atoms with Gasteiger partial charge in [-0.25, -0.2) is 18.1 Å². The van der Waals surface area contributed by atoms with Gasteiger partial charge in [-0.1, -0.05) is 49.7 Å². The molecule has 0 aliphatic heterocycles. The maximum atomic E-state index is 13.4. The lowest BCUT2D eigenvalue weighted by Crippen LogP contribution is -2.14. The van der Waals surface area contributed by atoms with Gasteiger partial charge in [0.05, 0.1) is 16.8 Å². The summed E-state index contributed by atoms with van der Waals surface area (Å²) in [5, 5.41) is 3.85. The van der Waals surface area contributed by atoms with Gasteiger partial charge in [0, 0.05) is 16.7 Å². The van der Waals surface area contributed by atoms with Gasteiger partial charge in [-0.15, -0.1) is 0 Å². The van der Waals surface area contributed by atoms with Crippen LogP contribution in [0.1, 0.15) is 43.5 Å². The maximum absolute atomic E-state index is 13.4. The molecule has 34 heavy (non-hydrogen) atoms. The molecule has 0 atom stereocenters. The molecule has 4 aromatic rings. The Morgan fingerprint density at radius 2 is 1.85 bits per heavy atom. The van der Waals surface area contributed by atoms with E-state index in [1.165, 1.54) is 0 Å². The molecule has 7 nitrogen and oxygen atoms in total. The van der Waals surface area contributed by atoms with Crippen LogP contribution in [-0.4, -0.2) is 18.6 Å². The zero-order chi connectivity index (χ0) is 24.3. The molecule has 4 rings (SSSR count). The van der Waals surface area contributed by atoms with Crippen LogP contribution in [0.15, 0.2) is 68.8 Å². The first-order valence-corrected chi connectivity index (χ1v) is 12.8. The smallest absolute Gasteiger partial charge is 0.264 e. The molecule has 0 aliphatic rings. The summed E-state index contributed by atoms with van der Waals surface area (Å²) in [6.07, 6.45) is 6.03. The van der Waals surface area contributed by atoms with Crippen molar-refractivity contribution in [3.63, 3.8) is 0 Å². The Morgan fingerprint density at radius 1 is 1.06 bits per heavy atom. The lowest BCUT2D eigenvalue weighted by molar-refractivity contribution is 0.430. The predicted molar refractivity (Wildman–Crippen MR) is 132 cm³/mol. The lowest BCUT2D eigenvalue weighted by atomic mass is 9.93. The van der Waals surface area contributed by atoms with Crippen LogP contribution in [0.25, 0.3) is 22.6 Å². The molecule has 1 N–H and O–H groups in total. The summed E-state index contributed by atoms with van der Waals surface area (Å²) < 4.78 is 40.1. The monoisotopic (exact) mass is 479 g/mol. The molecule has 0 amide bonds. The van der Waals surface area contributed by atoms with E-state index in [1.54, 1.807) is 38.4 Å². The van der Waals surface area contributed by atoms with E-state index >= 15 is 0 Å². The molecule has 0 saturated heterocycles. The fraction of sp³-hybridized carbons (Fsp3) is 0.308. The van der Waals surface area contributed by atoms with Crippen LogP contribution in [0.5, 0.6) is 0 Å². The molecule has 2 aromatic carbocycles. The minimum Gasteiger partial charge on any atom is -0.445 e. The summed E-state index contributed by atoms with van der Waals surface area (Å²) in [7, 11) is -3.92. The summed E-state index contributed by atoms with van der Waals surface area (Å²) in [6, 6.07) is 12.9. The van der Waals surface area contributed by atoms with E-state index < -0.39 is 10.0 Å². The topological polar surface area (TPSA) is 98.2 Å². The second-order valence-corrected chi connectivity index (χ2v) is 10.5. The highest BCUT2D eigenvalue weighted by Crippen LogP contribution is 2.35. The van der Waals surface area contributed by atoms with Crippen molar-refractivity contribution in [2.45, 2.75) is 51.9 Å². The third-order valence-corrected chi connectivity index (χ3v) is 7.25. The van der Waals surface area contributed by atoms with E-state index in [1.807, 2.05) is 30.3 Å². The summed E-state index contributed by atoms with van der Waals surface area (Å²) >= 11 is 0. The fourth-order valence-electron chi connectivity index (χ4n) is 3.87. The summed E-state index contributed by atoms with van der Waals surface area (Å²) in [4.78, 5) is 4.44. The molecular formula is C26H29N3O4S. The van der Waals surface area contributed by atoms with Crippen LogP contribution in [0.3, 0.4) is 0 Å². The molecule has 2 aromatic heterocycles. The normalized spacial score (nSPS) is 11.8. The molecule has 0 saturated carbocycles. The van der Waals surface area contributed by atoms with Crippen LogP contribution in [0.2, 0.25) is 0 Å². The molecule has 0 radical (unpaired) electrons. The predicted octanol–water partition coefficient (Wildman–Crippen LogP) is 6.39. The number of aromatic nitrogens is 2. The van der Waals surface area contributed by atoms with Crippen LogP contribution in [0.4, 0.5) is 5.88 Å². The number of hydrogen-bond acceptors (Lipinski definition) is 6. The zero-order valence-corrected chi connectivity index (χ0v) is 20.6. The van der Waals surface area contributed by atoms with Crippen molar-refractivity contribution in [2.75, 3.05) is 4.72 Å². The molecule has 0 bridgehead atoms. The van der Waals surface area contributed by atoms with Crippen molar-refractivity contribution in [1.29, 1.82) is 0 Å². The SMILES string of the molecule is Cc1noc(NS(=O)(=O)c2ccccc2-c2ccc(-c3ncco3)cc2CCCC(C)C)c1C. The van der Waals surface area contributed by atoms with Crippen LogP contribution < -0.4 is 4.72 Å². The highest BCUT2D eigenvalue weighted by molar-refractivity contribution is 7.92. The van der Waals surface area contributed by atoms with E-state index in [0.29, 0.717) is 28.6 Å². The number of nitrogens with one attached hydrogen (secondary N) is 1. The highest BCUT2D eigenvalue weighted by Gasteiger charge is 2.24. The van der Waals surface area contributed by atoms with Gasteiger partial charge in [0.2, 0.25) is 11.8 Å². The molecule has 2 heterocycles. The van der Waals surface area contributed by atoms with E-state index in [4.69, 9.17) is 8.94 Å². The zero-order valence-electron chi connectivity index (χ0n) is 19.8. The second kappa shape index (κ2) is 9.85. The van der Waals surface area contributed by atoms with Crippen LogP contribution >= 0.6 is 0 Å². The highest BCUT2D eigenvalue weighted by atomic mass is 32.2.